The molecule has 0 saturated carbocycles. The lowest BCUT2D eigenvalue weighted by Gasteiger charge is -2.24. The second-order valence-corrected chi connectivity index (χ2v) is 11.9. The molecule has 0 spiro atoms. The molecule has 8 nitrogen and oxygen atoms in total. The van der Waals surface area contributed by atoms with Gasteiger partial charge in [0.25, 0.3) is 5.91 Å². The number of rotatable bonds is 11. The fourth-order valence-corrected chi connectivity index (χ4v) is 6.04. The zero-order chi connectivity index (χ0) is 28.1. The molecule has 1 amide bonds. The lowest BCUT2D eigenvalue weighted by atomic mass is 10.2. The van der Waals surface area contributed by atoms with Crippen molar-refractivity contribution in [2.24, 2.45) is 0 Å². The van der Waals surface area contributed by atoms with E-state index in [0.717, 1.165) is 17.1 Å². The number of thiazole rings is 1. The van der Waals surface area contributed by atoms with Gasteiger partial charge in [-0.15, -0.1) is 21.5 Å². The summed E-state index contributed by atoms with van der Waals surface area (Å²) < 4.78 is 7.41. The van der Waals surface area contributed by atoms with E-state index >= 15 is 0 Å². The lowest BCUT2D eigenvalue weighted by molar-refractivity contribution is 0.0726. The highest BCUT2D eigenvalue weighted by molar-refractivity contribution is 7.98. The molecule has 0 fully saturated rings. The number of carbonyl (C=O) groups is 1. The van der Waals surface area contributed by atoms with Gasteiger partial charge in [0.15, 0.2) is 10.9 Å². The van der Waals surface area contributed by atoms with Crippen molar-refractivity contribution in [3.63, 3.8) is 0 Å². The molecule has 2 aromatic carbocycles. The molecule has 206 valence electrons. The van der Waals surface area contributed by atoms with Gasteiger partial charge in [0.05, 0.1) is 22.7 Å². The molecule has 0 aliphatic heterocycles. The first kappa shape index (κ1) is 28.4. The molecule has 0 N–H and O–H groups in total. The number of benzene rings is 2. The first-order valence-electron chi connectivity index (χ1n) is 12.4. The van der Waals surface area contributed by atoms with Crippen molar-refractivity contribution in [1.82, 2.24) is 29.5 Å². The van der Waals surface area contributed by atoms with Crippen LogP contribution in [-0.4, -0.2) is 62.6 Å². The summed E-state index contributed by atoms with van der Waals surface area (Å²) >= 11 is 15.7. The maximum atomic E-state index is 13.5. The minimum atomic E-state index is -0.0906. The van der Waals surface area contributed by atoms with Crippen molar-refractivity contribution in [1.29, 1.82) is 0 Å². The summed E-state index contributed by atoms with van der Waals surface area (Å²) in [6, 6.07) is 18.8. The molecule has 5 aromatic rings. The summed E-state index contributed by atoms with van der Waals surface area (Å²) in [5.41, 5.74) is 2.15. The molecule has 0 atom stereocenters. The summed E-state index contributed by atoms with van der Waals surface area (Å²) in [5, 5.41) is 13.0. The van der Waals surface area contributed by atoms with Crippen LogP contribution in [0.1, 0.15) is 21.1 Å². The quantitative estimate of drug-likeness (QED) is 0.152. The SMILES string of the molecule is CN(C)CCN(Cc1ccccc1)C(=O)c1csc(CSc2nnc(-c3ccco3)n2-c2cc(Cl)ccc2Cl)n1. The van der Waals surface area contributed by atoms with Crippen molar-refractivity contribution in [3.05, 3.63) is 98.6 Å². The second kappa shape index (κ2) is 13.0. The summed E-state index contributed by atoms with van der Waals surface area (Å²) in [6.07, 6.45) is 1.58. The van der Waals surface area contributed by atoms with Gasteiger partial charge in [0, 0.05) is 30.0 Å². The topological polar surface area (TPSA) is 80.3 Å². The minimum absolute atomic E-state index is 0.0906. The normalized spacial score (nSPS) is 11.3. The van der Waals surface area contributed by atoms with Crippen LogP contribution in [0.3, 0.4) is 0 Å². The highest BCUT2D eigenvalue weighted by Crippen LogP contribution is 2.34. The maximum absolute atomic E-state index is 13.5. The molecule has 0 aliphatic carbocycles. The number of aromatic nitrogens is 4. The number of carbonyl (C=O) groups excluding carboxylic acids is 1. The van der Waals surface area contributed by atoms with E-state index in [1.54, 1.807) is 30.5 Å². The molecule has 0 bridgehead atoms. The molecular formula is C28H26Cl2N6O2S2. The number of nitrogens with zero attached hydrogens (tertiary/aromatic N) is 6. The Morgan fingerprint density at radius 2 is 1.88 bits per heavy atom. The van der Waals surface area contributed by atoms with Gasteiger partial charge in [-0.2, -0.15) is 0 Å². The third kappa shape index (κ3) is 6.76. The van der Waals surface area contributed by atoms with Crippen LogP contribution in [-0.2, 0) is 12.3 Å². The van der Waals surface area contributed by atoms with E-state index in [0.29, 0.717) is 57.0 Å². The summed E-state index contributed by atoms with van der Waals surface area (Å²) in [6.45, 7) is 1.88. The van der Waals surface area contributed by atoms with Gasteiger partial charge < -0.3 is 14.2 Å². The van der Waals surface area contributed by atoms with Crippen LogP contribution >= 0.6 is 46.3 Å². The second-order valence-electron chi connectivity index (χ2n) is 9.15. The third-order valence-electron chi connectivity index (χ3n) is 5.94. The standard InChI is InChI=1S/C28H26Cl2N6O2S2/c1-34(2)12-13-35(16-19-7-4-3-5-8-19)27(37)22-17-39-25(31-22)18-40-28-33-32-26(24-9-6-14-38-24)36(28)23-15-20(29)10-11-21(23)30/h3-11,14-15,17H,12-13,16,18H2,1-2H3. The number of halogens is 2. The van der Waals surface area contributed by atoms with E-state index < -0.39 is 0 Å². The van der Waals surface area contributed by atoms with Crippen LogP contribution in [0.15, 0.2) is 81.9 Å². The van der Waals surface area contributed by atoms with Gasteiger partial charge in [0.1, 0.15) is 10.7 Å². The van der Waals surface area contributed by atoms with Crippen molar-refractivity contribution >= 4 is 52.2 Å². The van der Waals surface area contributed by atoms with Gasteiger partial charge in [-0.3, -0.25) is 9.36 Å². The fourth-order valence-electron chi connectivity index (χ4n) is 3.94. The first-order valence-corrected chi connectivity index (χ1v) is 15.0. The number of amides is 1. The Hall–Kier alpha value is -3.15. The highest BCUT2D eigenvalue weighted by atomic mass is 35.5. The molecule has 12 heteroatoms. The Balaban J connectivity index is 1.36. The van der Waals surface area contributed by atoms with Crippen LogP contribution in [0, 0.1) is 0 Å². The molecule has 0 radical (unpaired) electrons. The van der Waals surface area contributed by atoms with E-state index in [-0.39, 0.29) is 5.91 Å². The molecule has 5 rings (SSSR count). The van der Waals surface area contributed by atoms with Gasteiger partial charge >= 0.3 is 0 Å². The Morgan fingerprint density at radius 3 is 2.62 bits per heavy atom. The predicted molar refractivity (Wildman–Crippen MR) is 160 cm³/mol. The Morgan fingerprint density at radius 1 is 1.05 bits per heavy atom. The molecule has 0 unspecified atom stereocenters. The zero-order valence-electron chi connectivity index (χ0n) is 21.8. The van der Waals surface area contributed by atoms with Crippen molar-refractivity contribution in [2.75, 3.05) is 27.2 Å². The molecule has 3 aromatic heterocycles. The monoisotopic (exact) mass is 612 g/mol. The van der Waals surface area contributed by atoms with E-state index in [9.17, 15) is 4.79 Å². The first-order chi connectivity index (χ1) is 19.4. The maximum Gasteiger partial charge on any atom is 0.273 e. The highest BCUT2D eigenvalue weighted by Gasteiger charge is 2.22. The average Bonchev–Trinajstić information content (AvgIpc) is 3.72. The van der Waals surface area contributed by atoms with Gasteiger partial charge in [-0.25, -0.2) is 4.98 Å². The van der Waals surface area contributed by atoms with E-state index in [1.807, 2.05) is 65.3 Å². The van der Waals surface area contributed by atoms with Gasteiger partial charge in [-0.05, 0) is 50.0 Å². The fraction of sp³-hybridized carbons (Fsp3) is 0.214. The van der Waals surface area contributed by atoms with Gasteiger partial charge in [0.2, 0.25) is 5.82 Å². The third-order valence-corrected chi connectivity index (χ3v) is 8.47. The van der Waals surface area contributed by atoms with E-state index in [2.05, 4.69) is 20.1 Å². The van der Waals surface area contributed by atoms with Crippen molar-refractivity contribution in [2.45, 2.75) is 17.5 Å². The number of furan rings is 1. The molecule has 3 heterocycles. The minimum Gasteiger partial charge on any atom is -0.461 e. The number of thioether (sulfide) groups is 1. The van der Waals surface area contributed by atoms with Crippen molar-refractivity contribution in [3.8, 4) is 17.3 Å². The summed E-state index contributed by atoms with van der Waals surface area (Å²) in [4.78, 5) is 22.1. The molecule has 0 saturated heterocycles. The largest absolute Gasteiger partial charge is 0.461 e. The molecule has 0 aliphatic rings. The van der Waals surface area contributed by atoms with Crippen LogP contribution in [0.25, 0.3) is 17.3 Å². The van der Waals surface area contributed by atoms with Crippen LogP contribution in [0.5, 0.6) is 0 Å². The number of hydrogen-bond acceptors (Lipinski definition) is 8. The van der Waals surface area contributed by atoms with E-state index in [1.165, 1.54) is 23.1 Å². The van der Waals surface area contributed by atoms with Gasteiger partial charge in [-0.1, -0.05) is 65.3 Å². The Kier molecular flexibility index (Phi) is 9.23. The predicted octanol–water partition coefficient (Wildman–Crippen LogP) is 6.79. The van der Waals surface area contributed by atoms with Crippen LogP contribution < -0.4 is 0 Å². The smallest absolute Gasteiger partial charge is 0.273 e. The lowest BCUT2D eigenvalue weighted by Crippen LogP contribution is -2.36. The zero-order valence-corrected chi connectivity index (χ0v) is 25.0. The van der Waals surface area contributed by atoms with Crippen LogP contribution in [0.4, 0.5) is 0 Å². The van der Waals surface area contributed by atoms with E-state index in [4.69, 9.17) is 27.6 Å². The molecule has 40 heavy (non-hydrogen) atoms. The Bertz CT molecular complexity index is 1570. The summed E-state index contributed by atoms with van der Waals surface area (Å²) in [7, 11) is 3.99. The van der Waals surface area contributed by atoms with Crippen molar-refractivity contribution < 1.29 is 9.21 Å². The van der Waals surface area contributed by atoms with Crippen LogP contribution in [0.2, 0.25) is 10.0 Å². The average molecular weight is 614 g/mol. The summed E-state index contributed by atoms with van der Waals surface area (Å²) in [5.74, 6) is 1.45. The Labute approximate surface area is 250 Å². The number of likely N-dealkylation sites (N-methyl/N-ethyl adjacent to an activating group) is 1. The molecular weight excluding hydrogens is 587 g/mol. The number of hydrogen-bond donors (Lipinski definition) is 0.